The second-order valence-corrected chi connectivity index (χ2v) is 5.71. The number of carbonyl (C=O) groups excluding carboxylic acids is 1. The van der Waals surface area contributed by atoms with Crippen LogP contribution in [0.15, 0.2) is 17.5 Å². The molecule has 1 rings (SSSR count). The molecular weight excluding hydrogens is 276 g/mol. The second-order valence-electron chi connectivity index (χ2n) is 4.73. The van der Waals surface area contributed by atoms with Crippen molar-refractivity contribution in [2.24, 2.45) is 0 Å². The summed E-state index contributed by atoms with van der Waals surface area (Å²) in [4.78, 5) is 23.9. The number of aliphatic carboxylic acids is 1. The van der Waals surface area contributed by atoms with Crippen molar-refractivity contribution in [3.8, 4) is 0 Å². The Morgan fingerprint density at radius 1 is 1.30 bits per heavy atom. The molecule has 1 unspecified atom stereocenters. The van der Waals surface area contributed by atoms with Gasteiger partial charge in [0.25, 0.3) is 0 Å². The first-order chi connectivity index (χ1) is 9.48. The van der Waals surface area contributed by atoms with Gasteiger partial charge >= 0.3 is 12.0 Å². The lowest BCUT2D eigenvalue weighted by atomic mass is 9.90. The zero-order valence-corrected chi connectivity index (χ0v) is 12.9. The molecule has 0 saturated carbocycles. The molecule has 2 amide bonds. The van der Waals surface area contributed by atoms with Crippen LogP contribution in [0.3, 0.4) is 0 Å². The Hall–Kier alpha value is -1.56. The highest BCUT2D eigenvalue weighted by Crippen LogP contribution is 2.21. The third kappa shape index (κ3) is 3.96. The summed E-state index contributed by atoms with van der Waals surface area (Å²) in [6.07, 6.45) is 2.43. The Morgan fingerprint density at radius 3 is 2.30 bits per heavy atom. The lowest BCUT2D eigenvalue weighted by Gasteiger charge is -2.32. The van der Waals surface area contributed by atoms with Gasteiger partial charge in [0, 0.05) is 10.4 Å². The third-order valence-corrected chi connectivity index (χ3v) is 4.70. The van der Waals surface area contributed by atoms with Crippen LogP contribution < -0.4 is 10.6 Å². The van der Waals surface area contributed by atoms with Crippen LogP contribution in [-0.4, -0.2) is 22.6 Å². The van der Waals surface area contributed by atoms with E-state index in [1.807, 2.05) is 20.8 Å². The smallest absolute Gasteiger partial charge is 0.331 e. The minimum Gasteiger partial charge on any atom is -0.479 e. The van der Waals surface area contributed by atoms with Gasteiger partial charge in [-0.05, 0) is 30.7 Å². The summed E-state index contributed by atoms with van der Waals surface area (Å²) in [5.74, 6) is -1.06. The Labute approximate surface area is 123 Å². The number of carboxylic acid groups (broad SMARTS) is 1. The summed E-state index contributed by atoms with van der Waals surface area (Å²) in [5, 5.41) is 16.5. The van der Waals surface area contributed by atoms with E-state index in [2.05, 4.69) is 10.6 Å². The summed E-state index contributed by atoms with van der Waals surface area (Å²) in [7, 11) is 0. The van der Waals surface area contributed by atoms with E-state index < -0.39 is 18.0 Å². The minimum atomic E-state index is -1.06. The topological polar surface area (TPSA) is 78.4 Å². The lowest BCUT2D eigenvalue weighted by molar-refractivity contribution is -0.139. The van der Waals surface area contributed by atoms with Crippen LogP contribution in [-0.2, 0) is 4.79 Å². The Balaban J connectivity index is 2.75. The number of urea groups is 1. The summed E-state index contributed by atoms with van der Waals surface area (Å²) in [5.41, 5.74) is -0.275. The molecule has 1 heterocycles. The van der Waals surface area contributed by atoms with Crippen molar-refractivity contribution in [2.75, 3.05) is 0 Å². The summed E-state index contributed by atoms with van der Waals surface area (Å²) >= 11 is 1.31. The molecule has 0 saturated heterocycles. The van der Waals surface area contributed by atoms with Gasteiger partial charge in [-0.2, -0.15) is 0 Å². The van der Waals surface area contributed by atoms with Gasteiger partial charge in [0.1, 0.15) is 0 Å². The third-order valence-electron chi connectivity index (χ3n) is 3.76. The molecule has 0 aliphatic heterocycles. The van der Waals surface area contributed by atoms with Crippen molar-refractivity contribution in [3.63, 3.8) is 0 Å². The van der Waals surface area contributed by atoms with Crippen molar-refractivity contribution in [3.05, 3.63) is 22.4 Å². The summed E-state index contributed by atoms with van der Waals surface area (Å²) in [6.45, 7) is 6.05. The zero-order valence-electron chi connectivity index (χ0n) is 12.1. The van der Waals surface area contributed by atoms with E-state index in [-0.39, 0.29) is 5.54 Å². The van der Waals surface area contributed by atoms with Gasteiger partial charge in [0.2, 0.25) is 0 Å². The van der Waals surface area contributed by atoms with E-state index in [0.29, 0.717) is 4.88 Å². The fraction of sp³-hybridized carbons (Fsp3) is 0.571. The highest BCUT2D eigenvalue weighted by Gasteiger charge is 2.29. The van der Waals surface area contributed by atoms with Crippen molar-refractivity contribution in [1.82, 2.24) is 10.6 Å². The fourth-order valence-electron chi connectivity index (χ4n) is 2.13. The van der Waals surface area contributed by atoms with Crippen molar-refractivity contribution < 1.29 is 14.7 Å². The van der Waals surface area contributed by atoms with E-state index in [0.717, 1.165) is 19.3 Å². The molecule has 6 heteroatoms. The Kier molecular flexibility index (Phi) is 6.01. The number of carbonyl (C=O) groups is 2. The number of carboxylic acids is 1. The first kappa shape index (κ1) is 16.5. The highest BCUT2D eigenvalue weighted by atomic mass is 32.1. The molecule has 1 atom stereocenters. The summed E-state index contributed by atoms with van der Waals surface area (Å²) in [6, 6.07) is 2.04. The van der Waals surface area contributed by atoms with Crippen LogP contribution in [0.5, 0.6) is 0 Å². The maximum absolute atomic E-state index is 12.1. The largest absolute Gasteiger partial charge is 0.479 e. The van der Waals surface area contributed by atoms with E-state index in [1.165, 1.54) is 11.3 Å². The zero-order chi connectivity index (χ0) is 15.2. The average Bonchev–Trinajstić information content (AvgIpc) is 2.96. The normalized spacial score (nSPS) is 12.8. The maximum atomic E-state index is 12.1. The fourth-order valence-corrected chi connectivity index (χ4v) is 2.90. The maximum Gasteiger partial charge on any atom is 0.331 e. The predicted molar refractivity (Wildman–Crippen MR) is 80.0 cm³/mol. The number of amides is 2. The van der Waals surface area contributed by atoms with Crippen LogP contribution in [0.25, 0.3) is 0 Å². The molecule has 0 spiro atoms. The van der Waals surface area contributed by atoms with Gasteiger partial charge in [0.05, 0.1) is 0 Å². The van der Waals surface area contributed by atoms with Crippen LogP contribution in [0, 0.1) is 0 Å². The van der Waals surface area contributed by atoms with Crippen molar-refractivity contribution in [1.29, 1.82) is 0 Å². The molecule has 112 valence electrons. The molecule has 20 heavy (non-hydrogen) atoms. The van der Waals surface area contributed by atoms with E-state index in [1.54, 1.807) is 17.5 Å². The number of hydrogen-bond donors (Lipinski definition) is 3. The molecule has 1 aromatic heterocycles. The van der Waals surface area contributed by atoms with Crippen LogP contribution in [0.4, 0.5) is 4.79 Å². The van der Waals surface area contributed by atoms with E-state index >= 15 is 0 Å². The molecule has 0 aliphatic carbocycles. The second kappa shape index (κ2) is 7.28. The van der Waals surface area contributed by atoms with Crippen molar-refractivity contribution in [2.45, 2.75) is 51.6 Å². The van der Waals surface area contributed by atoms with Gasteiger partial charge in [-0.1, -0.05) is 26.8 Å². The molecule has 0 bridgehead atoms. The standard InChI is InChI=1S/C14H22N2O3S/c1-4-14(5-2,6-3)16-13(19)15-11(12(17)18)10-8-7-9-20-10/h7-9,11H,4-6H2,1-3H3,(H,17,18)(H2,15,16,19). The number of rotatable bonds is 7. The summed E-state index contributed by atoms with van der Waals surface area (Å²) < 4.78 is 0. The number of hydrogen-bond acceptors (Lipinski definition) is 3. The molecule has 5 nitrogen and oxygen atoms in total. The minimum absolute atomic E-state index is 0.275. The molecule has 3 N–H and O–H groups in total. The Bertz CT molecular complexity index is 433. The van der Waals surface area contributed by atoms with E-state index in [9.17, 15) is 14.7 Å². The predicted octanol–water partition coefficient (Wildman–Crippen LogP) is 3.14. The molecule has 0 radical (unpaired) electrons. The Morgan fingerprint density at radius 2 is 1.90 bits per heavy atom. The molecule has 0 fully saturated rings. The van der Waals surface area contributed by atoms with Crippen molar-refractivity contribution >= 4 is 23.3 Å². The first-order valence-corrected chi connectivity index (χ1v) is 7.70. The van der Waals surface area contributed by atoms with Gasteiger partial charge in [-0.15, -0.1) is 11.3 Å². The molecule has 1 aromatic rings. The van der Waals surface area contributed by atoms with Gasteiger partial charge in [0.15, 0.2) is 6.04 Å². The lowest BCUT2D eigenvalue weighted by Crippen LogP contribution is -2.52. The van der Waals surface area contributed by atoms with Crippen LogP contribution in [0.2, 0.25) is 0 Å². The van der Waals surface area contributed by atoms with Crippen LogP contribution >= 0.6 is 11.3 Å². The highest BCUT2D eigenvalue weighted by molar-refractivity contribution is 7.10. The van der Waals surface area contributed by atoms with Gasteiger partial charge < -0.3 is 15.7 Å². The molecule has 0 aromatic carbocycles. The number of thiophene rings is 1. The first-order valence-electron chi connectivity index (χ1n) is 6.83. The SMILES string of the molecule is CCC(CC)(CC)NC(=O)NC(C(=O)O)c1cccs1. The molecular formula is C14H22N2O3S. The van der Waals surface area contributed by atoms with Gasteiger partial charge in [-0.25, -0.2) is 9.59 Å². The average molecular weight is 298 g/mol. The quantitative estimate of drug-likeness (QED) is 0.723. The molecule has 0 aliphatic rings. The van der Waals surface area contributed by atoms with Gasteiger partial charge in [-0.3, -0.25) is 0 Å². The van der Waals surface area contributed by atoms with E-state index in [4.69, 9.17) is 0 Å². The monoisotopic (exact) mass is 298 g/mol. The number of nitrogens with one attached hydrogen (secondary N) is 2. The van der Waals surface area contributed by atoms with Crippen LogP contribution in [0.1, 0.15) is 51.0 Å².